The molecule has 0 radical (unpaired) electrons. The minimum atomic E-state index is -0.111. The van der Waals surface area contributed by atoms with Gasteiger partial charge in [0.2, 0.25) is 0 Å². The molecule has 0 saturated carbocycles. The minimum absolute atomic E-state index is 0.111. The molecular weight excluding hydrogens is 176 g/mol. The van der Waals surface area contributed by atoms with Crippen LogP contribution in [0.4, 0.5) is 0 Å². The molecule has 0 aliphatic carbocycles. The highest BCUT2D eigenvalue weighted by Crippen LogP contribution is 2.05. The predicted molar refractivity (Wildman–Crippen MR) is 59.5 cm³/mol. The molecule has 0 aromatic heterocycles. The molecule has 1 unspecified atom stereocenters. The molecule has 1 heterocycles. The summed E-state index contributed by atoms with van der Waals surface area (Å²) >= 11 is 0. The number of hydrogen-bond acceptors (Lipinski definition) is 3. The molecule has 0 bridgehead atoms. The molecule has 1 saturated heterocycles. The molecule has 1 fully saturated rings. The van der Waals surface area contributed by atoms with Crippen molar-refractivity contribution in [1.29, 1.82) is 0 Å². The minimum Gasteiger partial charge on any atom is -0.392 e. The molecule has 1 rings (SSSR count). The fourth-order valence-electron chi connectivity index (χ4n) is 1.91. The van der Waals surface area contributed by atoms with Gasteiger partial charge in [0.05, 0.1) is 6.10 Å². The largest absolute Gasteiger partial charge is 0.392 e. The Morgan fingerprint density at radius 3 is 2.64 bits per heavy atom. The van der Waals surface area contributed by atoms with E-state index in [9.17, 15) is 5.11 Å². The number of piperazine rings is 1. The van der Waals surface area contributed by atoms with Crippen molar-refractivity contribution in [2.24, 2.45) is 0 Å². The summed E-state index contributed by atoms with van der Waals surface area (Å²) in [6.45, 7) is 7.38. The van der Waals surface area contributed by atoms with Crippen LogP contribution in [0.3, 0.4) is 0 Å². The van der Waals surface area contributed by atoms with E-state index in [-0.39, 0.29) is 6.10 Å². The van der Waals surface area contributed by atoms with E-state index in [1.807, 2.05) is 0 Å². The lowest BCUT2D eigenvalue weighted by Gasteiger charge is -2.29. The third-order valence-corrected chi connectivity index (χ3v) is 2.82. The van der Waals surface area contributed by atoms with E-state index >= 15 is 0 Å². The molecule has 0 aromatic carbocycles. The SMILES string of the molecule is CCCCCC(O)CN1CCNCC1. The lowest BCUT2D eigenvalue weighted by molar-refractivity contribution is 0.0964. The lowest BCUT2D eigenvalue weighted by atomic mass is 10.1. The van der Waals surface area contributed by atoms with Gasteiger partial charge in [-0.2, -0.15) is 0 Å². The smallest absolute Gasteiger partial charge is 0.0667 e. The maximum absolute atomic E-state index is 9.77. The fourth-order valence-corrected chi connectivity index (χ4v) is 1.91. The number of aliphatic hydroxyl groups is 1. The van der Waals surface area contributed by atoms with Crippen molar-refractivity contribution in [3.8, 4) is 0 Å². The Labute approximate surface area is 87.5 Å². The van der Waals surface area contributed by atoms with E-state index in [0.29, 0.717) is 0 Å². The maximum atomic E-state index is 9.77. The molecule has 1 atom stereocenters. The molecule has 2 N–H and O–H groups in total. The van der Waals surface area contributed by atoms with Gasteiger partial charge in [-0.05, 0) is 6.42 Å². The number of nitrogens with one attached hydrogen (secondary N) is 1. The molecule has 84 valence electrons. The topological polar surface area (TPSA) is 35.5 Å². The van der Waals surface area contributed by atoms with Crippen LogP contribution in [0.5, 0.6) is 0 Å². The van der Waals surface area contributed by atoms with Gasteiger partial charge in [-0.1, -0.05) is 26.2 Å². The zero-order valence-electron chi connectivity index (χ0n) is 9.34. The first-order valence-electron chi connectivity index (χ1n) is 5.94. The van der Waals surface area contributed by atoms with Crippen LogP contribution in [0.25, 0.3) is 0 Å². The van der Waals surface area contributed by atoms with Crippen LogP contribution in [-0.4, -0.2) is 48.8 Å². The highest BCUT2D eigenvalue weighted by molar-refractivity contribution is 4.70. The van der Waals surface area contributed by atoms with Crippen LogP contribution in [-0.2, 0) is 0 Å². The van der Waals surface area contributed by atoms with Crippen molar-refractivity contribution in [2.75, 3.05) is 32.7 Å². The number of unbranched alkanes of at least 4 members (excludes halogenated alkanes) is 2. The van der Waals surface area contributed by atoms with Crippen LogP contribution in [0.15, 0.2) is 0 Å². The number of nitrogens with zero attached hydrogens (tertiary/aromatic N) is 1. The Morgan fingerprint density at radius 2 is 2.00 bits per heavy atom. The van der Waals surface area contributed by atoms with E-state index in [4.69, 9.17) is 0 Å². The lowest BCUT2D eigenvalue weighted by Crippen LogP contribution is -2.46. The summed E-state index contributed by atoms with van der Waals surface area (Å²) in [6.07, 6.45) is 4.51. The molecule has 14 heavy (non-hydrogen) atoms. The monoisotopic (exact) mass is 200 g/mol. The van der Waals surface area contributed by atoms with E-state index in [2.05, 4.69) is 17.1 Å². The average Bonchev–Trinajstić information content (AvgIpc) is 2.20. The van der Waals surface area contributed by atoms with Gasteiger partial charge in [-0.25, -0.2) is 0 Å². The second kappa shape index (κ2) is 7.21. The second-order valence-electron chi connectivity index (χ2n) is 4.20. The van der Waals surface area contributed by atoms with Crippen LogP contribution in [0.1, 0.15) is 32.6 Å². The van der Waals surface area contributed by atoms with Crippen LogP contribution >= 0.6 is 0 Å². The van der Waals surface area contributed by atoms with E-state index in [1.165, 1.54) is 19.3 Å². The fraction of sp³-hybridized carbons (Fsp3) is 1.00. The van der Waals surface area contributed by atoms with Gasteiger partial charge in [-0.3, -0.25) is 4.90 Å². The molecule has 3 nitrogen and oxygen atoms in total. The van der Waals surface area contributed by atoms with Gasteiger partial charge < -0.3 is 10.4 Å². The van der Waals surface area contributed by atoms with Gasteiger partial charge in [0.15, 0.2) is 0 Å². The van der Waals surface area contributed by atoms with Crippen molar-refractivity contribution >= 4 is 0 Å². The highest BCUT2D eigenvalue weighted by Gasteiger charge is 2.13. The normalized spacial score (nSPS) is 21.0. The quantitative estimate of drug-likeness (QED) is 0.624. The number of rotatable bonds is 6. The molecule has 0 aromatic rings. The number of hydrogen-bond donors (Lipinski definition) is 2. The molecular formula is C11H24N2O. The first-order valence-corrected chi connectivity index (χ1v) is 5.94. The molecule has 0 amide bonds. The van der Waals surface area contributed by atoms with E-state index in [0.717, 1.165) is 39.1 Å². The van der Waals surface area contributed by atoms with Crippen LogP contribution in [0, 0.1) is 0 Å². The Kier molecular flexibility index (Phi) is 6.15. The zero-order valence-corrected chi connectivity index (χ0v) is 9.34. The standard InChI is InChI=1S/C11H24N2O/c1-2-3-4-5-11(14)10-13-8-6-12-7-9-13/h11-12,14H,2-10H2,1H3. The number of aliphatic hydroxyl groups excluding tert-OH is 1. The van der Waals surface area contributed by atoms with Crippen LogP contribution in [0.2, 0.25) is 0 Å². The summed E-state index contributed by atoms with van der Waals surface area (Å²) in [5, 5.41) is 13.1. The highest BCUT2D eigenvalue weighted by atomic mass is 16.3. The van der Waals surface area contributed by atoms with E-state index < -0.39 is 0 Å². The summed E-state index contributed by atoms with van der Waals surface area (Å²) in [7, 11) is 0. The third kappa shape index (κ3) is 4.94. The van der Waals surface area contributed by atoms with Crippen molar-refractivity contribution in [2.45, 2.75) is 38.7 Å². The summed E-state index contributed by atoms with van der Waals surface area (Å²) in [5.41, 5.74) is 0. The third-order valence-electron chi connectivity index (χ3n) is 2.82. The maximum Gasteiger partial charge on any atom is 0.0667 e. The average molecular weight is 200 g/mol. The first-order chi connectivity index (χ1) is 6.83. The number of β-amino-alcohol motifs (C(OH)–C–C–N with tert-alkyl or cyclic N) is 1. The Bertz CT molecular complexity index is 135. The second-order valence-corrected chi connectivity index (χ2v) is 4.20. The Hall–Kier alpha value is -0.120. The van der Waals surface area contributed by atoms with Crippen LogP contribution < -0.4 is 5.32 Å². The molecule has 1 aliphatic heterocycles. The summed E-state index contributed by atoms with van der Waals surface area (Å²) in [4.78, 5) is 2.35. The Balaban J connectivity index is 2.03. The molecule has 0 spiro atoms. The van der Waals surface area contributed by atoms with Gasteiger partial charge in [-0.15, -0.1) is 0 Å². The Morgan fingerprint density at radius 1 is 1.29 bits per heavy atom. The van der Waals surface area contributed by atoms with Crippen molar-refractivity contribution in [1.82, 2.24) is 10.2 Å². The van der Waals surface area contributed by atoms with Crippen molar-refractivity contribution in [3.63, 3.8) is 0 Å². The van der Waals surface area contributed by atoms with E-state index in [1.54, 1.807) is 0 Å². The zero-order chi connectivity index (χ0) is 10.2. The summed E-state index contributed by atoms with van der Waals surface area (Å²) in [6, 6.07) is 0. The molecule has 3 heteroatoms. The molecule has 1 aliphatic rings. The first kappa shape index (κ1) is 12.0. The van der Waals surface area contributed by atoms with Crippen molar-refractivity contribution in [3.05, 3.63) is 0 Å². The van der Waals surface area contributed by atoms with Gasteiger partial charge in [0, 0.05) is 32.7 Å². The van der Waals surface area contributed by atoms with Gasteiger partial charge >= 0.3 is 0 Å². The predicted octanol–water partition coefficient (Wildman–Crippen LogP) is 0.833. The summed E-state index contributed by atoms with van der Waals surface area (Å²) < 4.78 is 0. The van der Waals surface area contributed by atoms with Crippen molar-refractivity contribution < 1.29 is 5.11 Å². The van der Waals surface area contributed by atoms with Gasteiger partial charge in [0.25, 0.3) is 0 Å². The summed E-state index contributed by atoms with van der Waals surface area (Å²) in [5.74, 6) is 0. The van der Waals surface area contributed by atoms with Gasteiger partial charge in [0.1, 0.15) is 0 Å².